The zero-order valence-corrected chi connectivity index (χ0v) is 12.4. The standard InChI is InChI=1S/C15H18N2O2S/c1-11(2)14(15(18)19)20-10-12-8-9-17(16-12)13-6-4-3-5-7-13/h3-9,11,14H,10H2,1-2H3,(H,18,19). The Balaban J connectivity index is 2.02. The van der Waals surface area contributed by atoms with Gasteiger partial charge in [0.15, 0.2) is 0 Å². The van der Waals surface area contributed by atoms with Crippen LogP contribution in [0.15, 0.2) is 42.6 Å². The summed E-state index contributed by atoms with van der Waals surface area (Å²) in [4.78, 5) is 11.1. The molecule has 2 rings (SSSR count). The number of hydrogen-bond donors (Lipinski definition) is 1. The van der Waals surface area contributed by atoms with E-state index in [9.17, 15) is 4.79 Å². The van der Waals surface area contributed by atoms with Gasteiger partial charge in [0.1, 0.15) is 5.25 Å². The first-order valence-corrected chi connectivity index (χ1v) is 7.57. The summed E-state index contributed by atoms with van der Waals surface area (Å²) in [6.07, 6.45) is 1.90. The maximum Gasteiger partial charge on any atom is 0.316 e. The summed E-state index contributed by atoms with van der Waals surface area (Å²) >= 11 is 1.42. The Morgan fingerprint density at radius 1 is 1.30 bits per heavy atom. The summed E-state index contributed by atoms with van der Waals surface area (Å²) in [6.45, 7) is 3.85. The van der Waals surface area contributed by atoms with Crippen molar-refractivity contribution in [1.82, 2.24) is 9.78 Å². The molecule has 1 aromatic heterocycles. The van der Waals surface area contributed by atoms with Gasteiger partial charge >= 0.3 is 5.97 Å². The Morgan fingerprint density at radius 2 is 2.00 bits per heavy atom. The van der Waals surface area contributed by atoms with Gasteiger partial charge in [0.25, 0.3) is 0 Å². The monoisotopic (exact) mass is 290 g/mol. The van der Waals surface area contributed by atoms with Crippen molar-refractivity contribution in [1.29, 1.82) is 0 Å². The first-order valence-electron chi connectivity index (χ1n) is 6.52. The molecular formula is C15H18N2O2S. The molecule has 1 aromatic carbocycles. The minimum Gasteiger partial charge on any atom is -0.480 e. The fourth-order valence-corrected chi connectivity index (χ4v) is 2.92. The Labute approximate surface area is 122 Å². The van der Waals surface area contributed by atoms with Crippen LogP contribution in [0.1, 0.15) is 19.5 Å². The molecule has 20 heavy (non-hydrogen) atoms. The van der Waals surface area contributed by atoms with E-state index in [4.69, 9.17) is 5.11 Å². The van der Waals surface area contributed by atoms with Crippen LogP contribution >= 0.6 is 11.8 Å². The van der Waals surface area contributed by atoms with Gasteiger partial charge in [0.05, 0.1) is 11.4 Å². The van der Waals surface area contributed by atoms with E-state index in [0.717, 1.165) is 11.4 Å². The maximum absolute atomic E-state index is 11.1. The van der Waals surface area contributed by atoms with Gasteiger partial charge in [-0.1, -0.05) is 32.0 Å². The van der Waals surface area contributed by atoms with Gasteiger partial charge in [-0.05, 0) is 24.1 Å². The van der Waals surface area contributed by atoms with Gasteiger partial charge in [0, 0.05) is 11.9 Å². The van der Waals surface area contributed by atoms with Crippen LogP contribution in [0, 0.1) is 5.92 Å². The molecule has 5 heteroatoms. The van der Waals surface area contributed by atoms with Gasteiger partial charge in [-0.25, -0.2) is 4.68 Å². The molecule has 0 aliphatic carbocycles. The van der Waals surface area contributed by atoms with Crippen LogP contribution in [-0.2, 0) is 10.5 Å². The van der Waals surface area contributed by atoms with Gasteiger partial charge in [0.2, 0.25) is 0 Å². The number of aromatic nitrogens is 2. The highest BCUT2D eigenvalue weighted by atomic mass is 32.2. The van der Waals surface area contributed by atoms with Crippen LogP contribution in [0.25, 0.3) is 5.69 Å². The first kappa shape index (κ1) is 14.7. The SMILES string of the molecule is CC(C)C(SCc1ccn(-c2ccccc2)n1)C(=O)O. The van der Waals surface area contributed by atoms with Crippen LogP contribution in [0.3, 0.4) is 0 Å². The molecule has 1 N–H and O–H groups in total. The molecule has 0 amide bonds. The Kier molecular flexibility index (Phi) is 4.84. The van der Waals surface area contributed by atoms with Crippen LogP contribution in [-0.4, -0.2) is 26.1 Å². The number of rotatable bonds is 6. The minimum absolute atomic E-state index is 0.105. The highest BCUT2D eigenvalue weighted by molar-refractivity contribution is 7.99. The number of carbonyl (C=O) groups is 1. The van der Waals surface area contributed by atoms with Gasteiger partial charge in [-0.2, -0.15) is 5.10 Å². The van der Waals surface area contributed by atoms with E-state index in [1.807, 2.05) is 56.4 Å². The van der Waals surface area contributed by atoms with Crippen LogP contribution in [0.5, 0.6) is 0 Å². The van der Waals surface area contributed by atoms with Crippen LogP contribution in [0.2, 0.25) is 0 Å². The number of benzene rings is 1. The van der Waals surface area contributed by atoms with E-state index < -0.39 is 11.2 Å². The Hall–Kier alpha value is -1.75. The molecule has 0 spiro atoms. The molecule has 1 heterocycles. The molecule has 0 bridgehead atoms. The van der Waals surface area contributed by atoms with Crippen molar-refractivity contribution < 1.29 is 9.90 Å². The number of nitrogens with zero attached hydrogens (tertiary/aromatic N) is 2. The summed E-state index contributed by atoms with van der Waals surface area (Å²) in [5.74, 6) is -0.0455. The second-order valence-electron chi connectivity index (χ2n) is 4.90. The molecule has 0 fully saturated rings. The molecule has 0 saturated carbocycles. The highest BCUT2D eigenvalue weighted by Crippen LogP contribution is 2.23. The second kappa shape index (κ2) is 6.61. The quantitative estimate of drug-likeness (QED) is 0.887. The van der Waals surface area contributed by atoms with E-state index in [1.165, 1.54) is 11.8 Å². The fraction of sp³-hybridized carbons (Fsp3) is 0.333. The summed E-state index contributed by atoms with van der Waals surface area (Å²) in [6, 6.07) is 11.8. The minimum atomic E-state index is -0.757. The smallest absolute Gasteiger partial charge is 0.316 e. The number of carboxylic acids is 1. The molecular weight excluding hydrogens is 272 g/mol. The summed E-state index contributed by atoms with van der Waals surface area (Å²) in [7, 11) is 0. The summed E-state index contributed by atoms with van der Waals surface area (Å²) < 4.78 is 1.81. The molecule has 1 unspecified atom stereocenters. The average Bonchev–Trinajstić information content (AvgIpc) is 2.88. The number of carboxylic acid groups (broad SMARTS) is 1. The third-order valence-corrected chi connectivity index (χ3v) is 4.49. The molecule has 1 atom stereocenters. The van der Waals surface area contributed by atoms with E-state index in [2.05, 4.69) is 5.10 Å². The summed E-state index contributed by atoms with van der Waals surface area (Å²) in [5.41, 5.74) is 1.90. The third kappa shape index (κ3) is 3.63. The molecule has 106 valence electrons. The normalized spacial score (nSPS) is 12.6. The molecule has 2 aromatic rings. The van der Waals surface area contributed by atoms with Gasteiger partial charge in [-0.15, -0.1) is 11.8 Å². The average molecular weight is 290 g/mol. The van der Waals surface area contributed by atoms with Crippen molar-refractivity contribution >= 4 is 17.7 Å². The van der Waals surface area contributed by atoms with E-state index >= 15 is 0 Å². The highest BCUT2D eigenvalue weighted by Gasteiger charge is 2.22. The van der Waals surface area contributed by atoms with Crippen molar-refractivity contribution in [3.8, 4) is 5.69 Å². The molecule has 0 radical (unpaired) electrons. The molecule has 0 saturated heterocycles. The second-order valence-corrected chi connectivity index (χ2v) is 6.03. The predicted octanol–water partition coefficient (Wildman–Crippen LogP) is 3.21. The van der Waals surface area contributed by atoms with E-state index in [0.29, 0.717) is 5.75 Å². The zero-order valence-electron chi connectivity index (χ0n) is 11.6. The Bertz CT molecular complexity index is 566. The van der Waals surface area contributed by atoms with Gasteiger partial charge < -0.3 is 5.11 Å². The van der Waals surface area contributed by atoms with E-state index in [1.54, 1.807) is 4.68 Å². The first-order chi connectivity index (χ1) is 9.58. The van der Waals surface area contributed by atoms with Gasteiger partial charge in [-0.3, -0.25) is 4.79 Å². The molecule has 4 nitrogen and oxygen atoms in total. The topological polar surface area (TPSA) is 55.1 Å². The fourth-order valence-electron chi connectivity index (χ4n) is 1.89. The third-order valence-electron chi connectivity index (χ3n) is 2.92. The lowest BCUT2D eigenvalue weighted by atomic mass is 10.1. The van der Waals surface area contributed by atoms with E-state index in [-0.39, 0.29) is 5.92 Å². The number of hydrogen-bond acceptors (Lipinski definition) is 3. The van der Waals surface area contributed by atoms with Crippen LogP contribution in [0.4, 0.5) is 0 Å². The molecule has 0 aliphatic heterocycles. The molecule has 0 aliphatic rings. The van der Waals surface area contributed by atoms with Crippen molar-refractivity contribution in [2.75, 3.05) is 0 Å². The van der Waals surface area contributed by atoms with Crippen molar-refractivity contribution in [2.45, 2.75) is 24.9 Å². The van der Waals surface area contributed by atoms with Crippen molar-refractivity contribution in [3.63, 3.8) is 0 Å². The van der Waals surface area contributed by atoms with Crippen molar-refractivity contribution in [2.24, 2.45) is 5.92 Å². The lowest BCUT2D eigenvalue weighted by Crippen LogP contribution is -2.22. The largest absolute Gasteiger partial charge is 0.480 e. The number of thioether (sulfide) groups is 1. The lowest BCUT2D eigenvalue weighted by Gasteiger charge is -2.14. The number of para-hydroxylation sites is 1. The lowest BCUT2D eigenvalue weighted by molar-refractivity contribution is -0.137. The Morgan fingerprint density at radius 3 is 2.60 bits per heavy atom. The number of aliphatic carboxylic acids is 1. The van der Waals surface area contributed by atoms with Crippen molar-refractivity contribution in [3.05, 3.63) is 48.3 Å². The summed E-state index contributed by atoms with van der Waals surface area (Å²) in [5, 5.41) is 13.2. The van der Waals surface area contributed by atoms with Crippen LogP contribution < -0.4 is 0 Å². The maximum atomic E-state index is 11.1. The predicted molar refractivity (Wildman–Crippen MR) is 81.1 cm³/mol. The zero-order chi connectivity index (χ0) is 14.5.